The Kier molecular flexibility index (Phi) is 11.1. The molecule has 12 heteroatoms. The molecule has 1 atom stereocenters. The Morgan fingerprint density at radius 1 is 1.42 bits per heavy atom. The number of rotatable bonds is 8. The van der Waals surface area contributed by atoms with Crippen LogP contribution < -0.4 is 11.1 Å². The first-order valence-electron chi connectivity index (χ1n) is 8.44. The van der Waals surface area contributed by atoms with Gasteiger partial charge in [-0.25, -0.2) is 0 Å². The number of carbonyl (C=O) groups excluding carboxylic acids is 2. The Labute approximate surface area is 182 Å². The summed E-state index contributed by atoms with van der Waals surface area (Å²) >= 11 is 5.43. The average Bonchev–Trinajstić information content (AvgIpc) is 2.72. The SMILES string of the molecule is C#C.CN(C[C@](C)(OC(=O)CCl)C(=O)Nc1ccc(C#N)c(C(F)(F)F)c1)/N=C\CN. The van der Waals surface area contributed by atoms with Crippen molar-refractivity contribution in [3.8, 4) is 18.9 Å². The van der Waals surface area contributed by atoms with E-state index in [1.807, 2.05) is 0 Å². The zero-order chi connectivity index (χ0) is 24.2. The number of nitriles is 1. The monoisotopic (exact) mass is 459 g/mol. The van der Waals surface area contributed by atoms with Gasteiger partial charge in [-0.2, -0.15) is 23.5 Å². The van der Waals surface area contributed by atoms with Crippen LogP contribution in [0.4, 0.5) is 18.9 Å². The minimum Gasteiger partial charge on any atom is -0.446 e. The zero-order valence-corrected chi connectivity index (χ0v) is 17.5. The van der Waals surface area contributed by atoms with Crippen molar-refractivity contribution in [1.29, 1.82) is 5.26 Å². The van der Waals surface area contributed by atoms with Crippen LogP contribution in [0.25, 0.3) is 0 Å². The summed E-state index contributed by atoms with van der Waals surface area (Å²) in [4.78, 5) is 24.4. The molecule has 0 fully saturated rings. The van der Waals surface area contributed by atoms with E-state index in [2.05, 4.69) is 23.3 Å². The van der Waals surface area contributed by atoms with E-state index in [-0.39, 0.29) is 18.8 Å². The van der Waals surface area contributed by atoms with Crippen LogP contribution >= 0.6 is 11.6 Å². The number of esters is 1. The molecule has 1 amide bonds. The van der Waals surface area contributed by atoms with Crippen LogP contribution in [0.5, 0.6) is 0 Å². The summed E-state index contributed by atoms with van der Waals surface area (Å²) in [6, 6.07) is 4.12. The number of hydrazone groups is 1. The quantitative estimate of drug-likeness (QED) is 0.202. The highest BCUT2D eigenvalue weighted by Gasteiger charge is 2.39. The lowest BCUT2D eigenvalue weighted by atomic mass is 10.0. The predicted molar refractivity (Wildman–Crippen MR) is 110 cm³/mol. The first-order valence-corrected chi connectivity index (χ1v) is 8.98. The number of hydrogen-bond acceptors (Lipinski definition) is 7. The number of nitrogens with zero attached hydrogens (tertiary/aromatic N) is 3. The first-order chi connectivity index (χ1) is 14.5. The highest BCUT2D eigenvalue weighted by molar-refractivity contribution is 6.26. The number of carbonyl (C=O) groups is 2. The van der Waals surface area contributed by atoms with Crippen LogP contribution in [0.3, 0.4) is 0 Å². The van der Waals surface area contributed by atoms with Gasteiger partial charge >= 0.3 is 12.1 Å². The summed E-state index contributed by atoms with van der Waals surface area (Å²) in [7, 11) is 1.48. The van der Waals surface area contributed by atoms with E-state index in [0.717, 1.165) is 12.1 Å². The van der Waals surface area contributed by atoms with Gasteiger partial charge in [0.25, 0.3) is 5.91 Å². The maximum absolute atomic E-state index is 13.1. The van der Waals surface area contributed by atoms with Gasteiger partial charge in [-0.3, -0.25) is 14.6 Å². The van der Waals surface area contributed by atoms with Crippen LogP contribution in [0, 0.1) is 24.2 Å². The number of benzene rings is 1. The number of anilines is 1. The third-order valence-electron chi connectivity index (χ3n) is 3.55. The molecule has 0 bridgehead atoms. The highest BCUT2D eigenvalue weighted by Crippen LogP contribution is 2.33. The van der Waals surface area contributed by atoms with Crippen LogP contribution in [0.2, 0.25) is 0 Å². The van der Waals surface area contributed by atoms with Gasteiger partial charge in [0.05, 0.1) is 23.7 Å². The van der Waals surface area contributed by atoms with Crippen molar-refractivity contribution in [2.24, 2.45) is 10.8 Å². The van der Waals surface area contributed by atoms with Gasteiger partial charge in [-0.15, -0.1) is 24.4 Å². The van der Waals surface area contributed by atoms with Gasteiger partial charge < -0.3 is 15.8 Å². The molecule has 0 saturated carbocycles. The molecule has 1 rings (SSSR count). The van der Waals surface area contributed by atoms with Crippen molar-refractivity contribution in [3.63, 3.8) is 0 Å². The van der Waals surface area contributed by atoms with Crippen molar-refractivity contribution in [2.45, 2.75) is 18.7 Å². The summed E-state index contributed by atoms with van der Waals surface area (Å²) < 4.78 is 44.5. The fourth-order valence-corrected chi connectivity index (χ4v) is 2.36. The molecule has 0 aliphatic rings. The number of alkyl halides is 4. The van der Waals surface area contributed by atoms with E-state index in [9.17, 15) is 22.8 Å². The zero-order valence-electron chi connectivity index (χ0n) is 16.7. The Balaban J connectivity index is 0.00000436. The Bertz CT molecular complexity index is 868. The van der Waals surface area contributed by atoms with Crippen molar-refractivity contribution in [2.75, 3.05) is 31.3 Å². The number of nitrogens with two attached hydrogens (primary N) is 1. The molecule has 31 heavy (non-hydrogen) atoms. The number of ether oxygens (including phenoxy) is 1. The minimum atomic E-state index is -4.79. The molecule has 0 saturated heterocycles. The van der Waals surface area contributed by atoms with Gasteiger partial charge in [-0.1, -0.05) is 0 Å². The topological polar surface area (TPSA) is 121 Å². The van der Waals surface area contributed by atoms with E-state index in [1.54, 1.807) is 0 Å². The number of likely N-dealkylation sites (N-methyl/N-ethyl adjacent to an activating group) is 1. The molecular weight excluding hydrogens is 439 g/mol. The third-order valence-corrected chi connectivity index (χ3v) is 3.76. The fraction of sp³-hybridized carbons (Fsp3) is 0.368. The van der Waals surface area contributed by atoms with Crippen LogP contribution in [0.15, 0.2) is 23.3 Å². The summed E-state index contributed by atoms with van der Waals surface area (Å²) in [6.07, 6.45) is 4.55. The van der Waals surface area contributed by atoms with Crippen molar-refractivity contribution >= 4 is 35.4 Å². The van der Waals surface area contributed by atoms with E-state index in [1.165, 1.54) is 31.3 Å². The van der Waals surface area contributed by atoms with Crippen molar-refractivity contribution in [1.82, 2.24) is 5.01 Å². The average molecular weight is 460 g/mol. The first kappa shape index (κ1) is 27.7. The molecule has 0 aliphatic carbocycles. The molecule has 1 aromatic rings. The number of terminal acetylenes is 1. The Morgan fingerprint density at radius 3 is 2.52 bits per heavy atom. The van der Waals surface area contributed by atoms with Gasteiger partial charge in [0.1, 0.15) is 5.88 Å². The second kappa shape index (κ2) is 12.4. The Hall–Kier alpha value is -3.28. The highest BCUT2D eigenvalue weighted by atomic mass is 35.5. The van der Waals surface area contributed by atoms with Gasteiger partial charge in [0.2, 0.25) is 5.60 Å². The maximum Gasteiger partial charge on any atom is 0.417 e. The molecule has 0 heterocycles. The lowest BCUT2D eigenvalue weighted by Crippen LogP contribution is -2.51. The number of nitrogens with one attached hydrogen (secondary N) is 1. The largest absolute Gasteiger partial charge is 0.446 e. The normalized spacial score (nSPS) is 12.6. The molecule has 0 aliphatic heterocycles. The molecule has 3 N–H and O–H groups in total. The van der Waals surface area contributed by atoms with E-state index < -0.39 is 40.7 Å². The molecule has 0 aromatic heterocycles. The number of hydrogen-bond donors (Lipinski definition) is 2. The summed E-state index contributed by atoms with van der Waals surface area (Å²) in [5, 5.41) is 16.3. The van der Waals surface area contributed by atoms with Gasteiger partial charge in [-0.05, 0) is 25.1 Å². The minimum absolute atomic E-state index is 0.125. The molecule has 0 radical (unpaired) electrons. The fourth-order valence-electron chi connectivity index (χ4n) is 2.31. The lowest BCUT2D eigenvalue weighted by Gasteiger charge is -2.31. The van der Waals surface area contributed by atoms with Crippen molar-refractivity contribution in [3.05, 3.63) is 29.3 Å². The lowest BCUT2D eigenvalue weighted by molar-refractivity contribution is -0.163. The smallest absolute Gasteiger partial charge is 0.417 e. The number of halogens is 4. The predicted octanol–water partition coefficient (Wildman–Crippen LogP) is 2.18. The van der Waals surface area contributed by atoms with Crippen LogP contribution in [-0.4, -0.2) is 54.7 Å². The van der Waals surface area contributed by atoms with E-state index >= 15 is 0 Å². The number of amides is 1. The second-order valence-corrected chi connectivity index (χ2v) is 6.28. The molecule has 0 unspecified atom stereocenters. The summed E-state index contributed by atoms with van der Waals surface area (Å²) in [5.74, 6) is -2.35. The van der Waals surface area contributed by atoms with Gasteiger partial charge in [0, 0.05) is 25.5 Å². The third kappa shape index (κ3) is 8.54. The summed E-state index contributed by atoms with van der Waals surface area (Å²) in [6.45, 7) is 1.15. The molecule has 168 valence electrons. The molecular formula is C19H21ClF3N5O3. The molecule has 1 aromatic carbocycles. The maximum atomic E-state index is 13.1. The van der Waals surface area contributed by atoms with Crippen LogP contribution in [-0.2, 0) is 20.5 Å². The molecule has 8 nitrogen and oxygen atoms in total. The van der Waals surface area contributed by atoms with E-state index in [0.29, 0.717) is 6.07 Å². The summed E-state index contributed by atoms with van der Waals surface area (Å²) in [5.41, 5.74) is 1.44. The second-order valence-electron chi connectivity index (χ2n) is 6.01. The van der Waals surface area contributed by atoms with Crippen molar-refractivity contribution < 1.29 is 27.5 Å². The Morgan fingerprint density at radius 2 is 2.03 bits per heavy atom. The van der Waals surface area contributed by atoms with Crippen LogP contribution in [0.1, 0.15) is 18.1 Å². The van der Waals surface area contributed by atoms with Gasteiger partial charge in [0.15, 0.2) is 0 Å². The standard InChI is InChI=1S/C17H19ClF3N5O3.C2H2/c1-16(29-14(27)8-18,10-26(2)24-6-5-22)15(28)25-12-4-3-11(9-23)13(7-12)17(19,20)21;1-2/h3-4,6-7H,5,8,10,22H2,1-2H3,(H,25,28);1-2H/b24-6-;/t16-;/m0./s1. The molecule has 0 spiro atoms. The van der Waals surface area contributed by atoms with E-state index in [4.69, 9.17) is 27.3 Å².